The zero-order valence-corrected chi connectivity index (χ0v) is 18.6. The molecular weight excluding hydrogens is 402 g/mol. The number of imide groups is 1. The van der Waals surface area contributed by atoms with E-state index in [1.54, 1.807) is 0 Å². The Balaban J connectivity index is 1.48. The average Bonchev–Trinajstić information content (AvgIpc) is 3.46. The van der Waals surface area contributed by atoms with E-state index in [0.29, 0.717) is 31.6 Å². The van der Waals surface area contributed by atoms with Crippen molar-refractivity contribution in [3.8, 4) is 0 Å². The summed E-state index contributed by atoms with van der Waals surface area (Å²) in [5.74, 6) is -0.423. The fourth-order valence-corrected chi connectivity index (χ4v) is 5.13. The van der Waals surface area contributed by atoms with E-state index in [4.69, 9.17) is 4.74 Å². The van der Waals surface area contributed by atoms with Crippen LogP contribution in [0.15, 0.2) is 60.7 Å². The molecule has 1 saturated heterocycles. The van der Waals surface area contributed by atoms with Crippen molar-refractivity contribution in [2.45, 2.75) is 63.5 Å². The molecule has 2 fully saturated rings. The third kappa shape index (κ3) is 5.57. The molecule has 0 radical (unpaired) electrons. The fraction of sp³-hybridized carbons (Fsp3) is 0.481. The molecule has 0 bridgehead atoms. The molecular formula is C27H33NO4. The van der Waals surface area contributed by atoms with Crippen LogP contribution in [0.2, 0.25) is 0 Å². The summed E-state index contributed by atoms with van der Waals surface area (Å²) in [6.45, 7) is 0.204. The molecule has 0 spiro atoms. The number of rotatable bonds is 9. The number of carbonyl (C=O) groups is 2. The zero-order chi connectivity index (χ0) is 22.3. The first-order chi connectivity index (χ1) is 15.6. The van der Waals surface area contributed by atoms with Gasteiger partial charge in [0.05, 0.1) is 18.1 Å². The van der Waals surface area contributed by atoms with Crippen LogP contribution in [-0.2, 0) is 22.4 Å². The van der Waals surface area contributed by atoms with E-state index in [-0.39, 0.29) is 18.6 Å². The van der Waals surface area contributed by atoms with Crippen molar-refractivity contribution in [3.05, 3.63) is 71.8 Å². The molecule has 1 aliphatic heterocycles. The molecule has 5 heteroatoms. The number of ether oxygens (including phenoxy) is 1. The number of cyclic esters (lactones) is 1. The van der Waals surface area contributed by atoms with Crippen LogP contribution < -0.4 is 0 Å². The van der Waals surface area contributed by atoms with Crippen molar-refractivity contribution in [1.29, 1.82) is 0 Å². The molecule has 3 unspecified atom stereocenters. The summed E-state index contributed by atoms with van der Waals surface area (Å²) in [6, 6.07) is 19.5. The second-order valence-corrected chi connectivity index (χ2v) is 9.21. The highest BCUT2D eigenvalue weighted by molar-refractivity contribution is 5.95. The van der Waals surface area contributed by atoms with Gasteiger partial charge in [-0.1, -0.05) is 86.3 Å². The molecule has 1 heterocycles. The average molecular weight is 436 g/mol. The summed E-state index contributed by atoms with van der Waals surface area (Å²) in [6.07, 6.45) is 5.57. The zero-order valence-electron chi connectivity index (χ0n) is 18.6. The van der Waals surface area contributed by atoms with Crippen molar-refractivity contribution in [1.82, 2.24) is 4.90 Å². The molecule has 2 amide bonds. The van der Waals surface area contributed by atoms with Gasteiger partial charge in [-0.05, 0) is 42.7 Å². The third-order valence-electron chi connectivity index (χ3n) is 6.93. The first-order valence-electron chi connectivity index (χ1n) is 11.9. The monoisotopic (exact) mass is 435 g/mol. The van der Waals surface area contributed by atoms with Crippen molar-refractivity contribution in [2.75, 3.05) is 6.61 Å². The highest BCUT2D eigenvalue weighted by Crippen LogP contribution is 2.34. The van der Waals surface area contributed by atoms with Crippen LogP contribution in [0, 0.1) is 11.8 Å². The van der Waals surface area contributed by atoms with Crippen LogP contribution in [0.4, 0.5) is 4.79 Å². The molecule has 3 atom stereocenters. The Bertz CT molecular complexity index is 879. The Kier molecular flexibility index (Phi) is 7.59. The predicted octanol–water partition coefficient (Wildman–Crippen LogP) is 4.77. The van der Waals surface area contributed by atoms with Gasteiger partial charge in [0, 0.05) is 0 Å². The predicted molar refractivity (Wildman–Crippen MR) is 123 cm³/mol. The minimum Gasteiger partial charge on any atom is -0.447 e. The smallest absolute Gasteiger partial charge is 0.416 e. The first-order valence-corrected chi connectivity index (χ1v) is 11.9. The van der Waals surface area contributed by atoms with E-state index < -0.39 is 18.1 Å². The normalized spacial score (nSPS) is 20.8. The maximum absolute atomic E-state index is 13.7. The lowest BCUT2D eigenvalue weighted by Crippen LogP contribution is -2.47. The number of aryl methyl sites for hydroxylation is 1. The summed E-state index contributed by atoms with van der Waals surface area (Å²) in [4.78, 5) is 27.5. The lowest BCUT2D eigenvalue weighted by Gasteiger charge is -2.29. The second kappa shape index (κ2) is 10.8. The van der Waals surface area contributed by atoms with Gasteiger partial charge in [0.1, 0.15) is 6.61 Å². The third-order valence-corrected chi connectivity index (χ3v) is 6.93. The summed E-state index contributed by atoms with van der Waals surface area (Å²) in [5, 5.41) is 11.1. The van der Waals surface area contributed by atoms with Crippen LogP contribution in [0.5, 0.6) is 0 Å². The summed E-state index contributed by atoms with van der Waals surface area (Å²) in [7, 11) is 0. The Morgan fingerprint density at radius 3 is 2.28 bits per heavy atom. The number of benzene rings is 2. The van der Waals surface area contributed by atoms with Gasteiger partial charge in [0.2, 0.25) is 5.91 Å². The van der Waals surface area contributed by atoms with Crippen molar-refractivity contribution < 1.29 is 19.4 Å². The number of hydrogen-bond acceptors (Lipinski definition) is 4. The number of nitrogens with zero attached hydrogens (tertiary/aromatic N) is 1. The van der Waals surface area contributed by atoms with Gasteiger partial charge in [-0.25, -0.2) is 9.69 Å². The molecule has 0 aromatic heterocycles. The number of carbonyl (C=O) groups excluding carboxylic acids is 2. The van der Waals surface area contributed by atoms with Crippen LogP contribution in [0.3, 0.4) is 0 Å². The molecule has 2 aromatic rings. The molecule has 4 rings (SSSR count). The van der Waals surface area contributed by atoms with Gasteiger partial charge in [0.15, 0.2) is 0 Å². The summed E-state index contributed by atoms with van der Waals surface area (Å²) >= 11 is 0. The van der Waals surface area contributed by atoms with E-state index in [1.165, 1.54) is 17.7 Å². The molecule has 1 aliphatic carbocycles. The fourth-order valence-electron chi connectivity index (χ4n) is 5.13. The maximum Gasteiger partial charge on any atom is 0.416 e. The van der Waals surface area contributed by atoms with E-state index in [0.717, 1.165) is 24.0 Å². The maximum atomic E-state index is 13.7. The van der Waals surface area contributed by atoms with E-state index in [1.807, 2.05) is 60.7 Å². The van der Waals surface area contributed by atoms with E-state index in [2.05, 4.69) is 0 Å². The number of hydrogen-bond donors (Lipinski definition) is 1. The van der Waals surface area contributed by atoms with E-state index in [9.17, 15) is 14.7 Å². The summed E-state index contributed by atoms with van der Waals surface area (Å²) < 4.78 is 5.29. The van der Waals surface area contributed by atoms with E-state index >= 15 is 0 Å². The SMILES string of the molecule is O=C1OCC(Cc2ccccc2)N1C(=O)C(CC1CCCC1)C(O)CCc1ccccc1. The molecule has 2 aliphatic rings. The van der Waals surface area contributed by atoms with Crippen molar-refractivity contribution in [3.63, 3.8) is 0 Å². The van der Waals surface area contributed by atoms with Gasteiger partial charge in [0.25, 0.3) is 0 Å². The highest BCUT2D eigenvalue weighted by Gasteiger charge is 2.43. The largest absolute Gasteiger partial charge is 0.447 e. The molecule has 2 aromatic carbocycles. The van der Waals surface area contributed by atoms with Crippen LogP contribution in [0.25, 0.3) is 0 Å². The van der Waals surface area contributed by atoms with Crippen molar-refractivity contribution >= 4 is 12.0 Å². The lowest BCUT2D eigenvalue weighted by molar-refractivity contribution is -0.138. The Labute approximate surface area is 190 Å². The molecule has 1 N–H and O–H groups in total. The number of aliphatic hydroxyl groups excluding tert-OH is 1. The minimum absolute atomic E-state index is 0.204. The molecule has 170 valence electrons. The minimum atomic E-state index is -0.783. The van der Waals surface area contributed by atoms with Crippen LogP contribution in [0.1, 0.15) is 49.7 Å². The first kappa shape index (κ1) is 22.5. The molecule has 32 heavy (non-hydrogen) atoms. The van der Waals surface area contributed by atoms with Crippen LogP contribution >= 0.6 is 0 Å². The topological polar surface area (TPSA) is 66.8 Å². The molecule has 1 saturated carbocycles. The lowest BCUT2D eigenvalue weighted by atomic mass is 9.85. The van der Waals surface area contributed by atoms with Gasteiger partial charge in [-0.15, -0.1) is 0 Å². The summed E-state index contributed by atoms with van der Waals surface area (Å²) in [5.41, 5.74) is 2.20. The molecule has 5 nitrogen and oxygen atoms in total. The van der Waals surface area contributed by atoms with Gasteiger partial charge < -0.3 is 9.84 Å². The Hall–Kier alpha value is -2.66. The van der Waals surface area contributed by atoms with Crippen molar-refractivity contribution in [2.24, 2.45) is 11.8 Å². The standard InChI is InChI=1S/C27H33NO4/c29-25(16-15-20-9-3-1-4-10-20)24(18-22-13-7-8-14-22)26(30)28-23(19-32-27(28)31)17-21-11-5-2-6-12-21/h1-6,9-12,22-25,29H,7-8,13-19H2. The highest BCUT2D eigenvalue weighted by atomic mass is 16.6. The number of aliphatic hydroxyl groups is 1. The second-order valence-electron chi connectivity index (χ2n) is 9.21. The number of amides is 2. The van der Waals surface area contributed by atoms with Gasteiger partial charge >= 0.3 is 6.09 Å². The Morgan fingerprint density at radius 1 is 1.00 bits per heavy atom. The Morgan fingerprint density at radius 2 is 1.62 bits per heavy atom. The van der Waals surface area contributed by atoms with Gasteiger partial charge in [-0.3, -0.25) is 4.79 Å². The van der Waals surface area contributed by atoms with Crippen LogP contribution in [-0.4, -0.2) is 40.8 Å². The van der Waals surface area contributed by atoms with Gasteiger partial charge in [-0.2, -0.15) is 0 Å². The quantitative estimate of drug-likeness (QED) is 0.616.